The first-order chi connectivity index (χ1) is 7.49. The van der Waals surface area contributed by atoms with Gasteiger partial charge in [0.25, 0.3) is 0 Å². The zero-order valence-electron chi connectivity index (χ0n) is 9.64. The summed E-state index contributed by atoms with van der Waals surface area (Å²) >= 11 is 0. The molecule has 0 aliphatic carbocycles. The molecule has 0 unspecified atom stereocenters. The molecule has 5 nitrogen and oxygen atoms in total. The van der Waals surface area contributed by atoms with Crippen LogP contribution in [-0.4, -0.2) is 36.9 Å². The Balaban J connectivity index is 2.58. The van der Waals surface area contributed by atoms with Crippen molar-refractivity contribution in [3.8, 4) is 0 Å². The molecule has 0 saturated carbocycles. The van der Waals surface area contributed by atoms with Gasteiger partial charge in [-0.05, 0) is 13.0 Å². The summed E-state index contributed by atoms with van der Waals surface area (Å²) in [6.07, 6.45) is 2.55. The quantitative estimate of drug-likeness (QED) is 0.528. The third-order valence-electron chi connectivity index (χ3n) is 2.08. The summed E-state index contributed by atoms with van der Waals surface area (Å²) in [5, 5.41) is 0. The predicted octanol–water partition coefficient (Wildman–Crippen LogP) is 0.825. The van der Waals surface area contributed by atoms with Crippen molar-refractivity contribution in [1.82, 2.24) is 0 Å². The SMILES string of the molecule is CC(=O)OC[C@H]1O[C@H](C)C=C[C@H]1OC(C)=O. The summed E-state index contributed by atoms with van der Waals surface area (Å²) in [5.41, 5.74) is 0. The monoisotopic (exact) mass is 228 g/mol. The highest BCUT2D eigenvalue weighted by Crippen LogP contribution is 2.16. The number of hydrogen-bond donors (Lipinski definition) is 0. The number of rotatable bonds is 3. The first kappa shape index (κ1) is 12.7. The van der Waals surface area contributed by atoms with Crippen molar-refractivity contribution in [3.63, 3.8) is 0 Å². The second kappa shape index (κ2) is 5.65. The standard InChI is InChI=1S/C11H16O5/c1-7-4-5-10(16-9(3)13)11(15-7)6-14-8(2)12/h4-5,7,10-11H,6H2,1-3H3/t7-,10-,11-/m1/s1. The molecule has 0 amide bonds. The molecule has 1 heterocycles. The van der Waals surface area contributed by atoms with Gasteiger partial charge >= 0.3 is 11.9 Å². The number of carbonyl (C=O) groups excluding carboxylic acids is 2. The molecule has 3 atom stereocenters. The molecule has 0 fully saturated rings. The van der Waals surface area contributed by atoms with E-state index >= 15 is 0 Å². The Kier molecular flexibility index (Phi) is 4.49. The van der Waals surface area contributed by atoms with Gasteiger partial charge in [0.15, 0.2) is 0 Å². The zero-order valence-corrected chi connectivity index (χ0v) is 9.64. The average Bonchev–Trinajstić information content (AvgIpc) is 2.17. The molecule has 0 radical (unpaired) electrons. The zero-order chi connectivity index (χ0) is 12.1. The third-order valence-corrected chi connectivity index (χ3v) is 2.08. The van der Waals surface area contributed by atoms with E-state index in [0.29, 0.717) is 0 Å². The topological polar surface area (TPSA) is 61.8 Å². The Bertz CT molecular complexity index is 297. The normalized spacial score (nSPS) is 28.6. The van der Waals surface area contributed by atoms with Crippen LogP contribution in [0.2, 0.25) is 0 Å². The molecular weight excluding hydrogens is 212 g/mol. The Morgan fingerprint density at radius 2 is 1.94 bits per heavy atom. The van der Waals surface area contributed by atoms with E-state index in [1.165, 1.54) is 13.8 Å². The highest BCUT2D eigenvalue weighted by Gasteiger charge is 2.28. The molecule has 0 bridgehead atoms. The van der Waals surface area contributed by atoms with Crippen LogP contribution in [0.15, 0.2) is 12.2 Å². The minimum Gasteiger partial charge on any atom is -0.463 e. The lowest BCUT2D eigenvalue weighted by atomic mass is 10.1. The molecule has 0 aromatic rings. The van der Waals surface area contributed by atoms with Crippen LogP contribution in [0.1, 0.15) is 20.8 Å². The smallest absolute Gasteiger partial charge is 0.303 e. The second-order valence-corrected chi connectivity index (χ2v) is 3.64. The van der Waals surface area contributed by atoms with Crippen LogP contribution in [-0.2, 0) is 23.8 Å². The van der Waals surface area contributed by atoms with E-state index < -0.39 is 12.2 Å². The number of carbonyl (C=O) groups is 2. The molecule has 0 aromatic heterocycles. The van der Waals surface area contributed by atoms with Gasteiger partial charge in [-0.2, -0.15) is 0 Å². The lowest BCUT2D eigenvalue weighted by Gasteiger charge is -2.29. The van der Waals surface area contributed by atoms with Gasteiger partial charge in [0.2, 0.25) is 0 Å². The molecule has 0 aromatic carbocycles. The summed E-state index contributed by atoms with van der Waals surface area (Å²) in [4.78, 5) is 21.6. The van der Waals surface area contributed by atoms with E-state index in [-0.39, 0.29) is 24.6 Å². The lowest BCUT2D eigenvalue weighted by molar-refractivity contribution is -0.162. The van der Waals surface area contributed by atoms with Crippen molar-refractivity contribution < 1.29 is 23.8 Å². The van der Waals surface area contributed by atoms with E-state index in [2.05, 4.69) is 0 Å². The van der Waals surface area contributed by atoms with Crippen molar-refractivity contribution in [2.45, 2.75) is 39.1 Å². The summed E-state index contributed by atoms with van der Waals surface area (Å²) in [6.45, 7) is 4.60. The van der Waals surface area contributed by atoms with Crippen LogP contribution >= 0.6 is 0 Å². The fourth-order valence-corrected chi connectivity index (χ4v) is 1.43. The van der Waals surface area contributed by atoms with Gasteiger partial charge in [0.1, 0.15) is 18.8 Å². The largest absolute Gasteiger partial charge is 0.463 e. The molecule has 1 rings (SSSR count). The van der Waals surface area contributed by atoms with Crippen LogP contribution in [0.4, 0.5) is 0 Å². The maximum absolute atomic E-state index is 10.9. The molecule has 5 heteroatoms. The molecule has 0 spiro atoms. The summed E-state index contributed by atoms with van der Waals surface area (Å²) < 4.78 is 15.4. The van der Waals surface area contributed by atoms with Crippen LogP contribution in [0.3, 0.4) is 0 Å². The van der Waals surface area contributed by atoms with Crippen LogP contribution in [0.25, 0.3) is 0 Å². The highest BCUT2D eigenvalue weighted by atomic mass is 16.6. The maximum atomic E-state index is 10.9. The van der Waals surface area contributed by atoms with Crippen molar-refractivity contribution in [1.29, 1.82) is 0 Å². The molecular formula is C11H16O5. The van der Waals surface area contributed by atoms with Crippen molar-refractivity contribution in [3.05, 3.63) is 12.2 Å². The molecule has 1 aliphatic rings. The Morgan fingerprint density at radius 1 is 1.25 bits per heavy atom. The van der Waals surface area contributed by atoms with Crippen LogP contribution in [0.5, 0.6) is 0 Å². The first-order valence-corrected chi connectivity index (χ1v) is 5.13. The average molecular weight is 228 g/mol. The van der Waals surface area contributed by atoms with Gasteiger partial charge in [-0.3, -0.25) is 9.59 Å². The molecule has 16 heavy (non-hydrogen) atoms. The third kappa shape index (κ3) is 4.02. The van der Waals surface area contributed by atoms with Crippen LogP contribution in [0, 0.1) is 0 Å². The Hall–Kier alpha value is -1.36. The highest BCUT2D eigenvalue weighted by molar-refractivity contribution is 5.66. The maximum Gasteiger partial charge on any atom is 0.303 e. The summed E-state index contributed by atoms with van der Waals surface area (Å²) in [7, 11) is 0. The summed E-state index contributed by atoms with van der Waals surface area (Å²) in [6, 6.07) is 0. The van der Waals surface area contributed by atoms with E-state index in [0.717, 1.165) is 0 Å². The fraction of sp³-hybridized carbons (Fsp3) is 0.636. The van der Waals surface area contributed by atoms with E-state index in [1.807, 2.05) is 6.92 Å². The predicted molar refractivity (Wildman–Crippen MR) is 55.7 cm³/mol. The number of esters is 2. The second-order valence-electron chi connectivity index (χ2n) is 3.64. The minimum atomic E-state index is -0.493. The Morgan fingerprint density at radius 3 is 2.50 bits per heavy atom. The van der Waals surface area contributed by atoms with Gasteiger partial charge in [0.05, 0.1) is 6.10 Å². The molecule has 0 saturated heterocycles. The molecule has 90 valence electrons. The van der Waals surface area contributed by atoms with E-state index in [1.54, 1.807) is 12.2 Å². The van der Waals surface area contributed by atoms with Gasteiger partial charge in [-0.15, -0.1) is 0 Å². The van der Waals surface area contributed by atoms with Gasteiger partial charge < -0.3 is 14.2 Å². The molecule has 0 N–H and O–H groups in total. The van der Waals surface area contributed by atoms with Gasteiger partial charge in [-0.1, -0.05) is 6.08 Å². The van der Waals surface area contributed by atoms with Crippen molar-refractivity contribution in [2.24, 2.45) is 0 Å². The van der Waals surface area contributed by atoms with Crippen LogP contribution < -0.4 is 0 Å². The fourth-order valence-electron chi connectivity index (χ4n) is 1.43. The van der Waals surface area contributed by atoms with Crippen molar-refractivity contribution >= 4 is 11.9 Å². The first-order valence-electron chi connectivity index (χ1n) is 5.13. The van der Waals surface area contributed by atoms with Gasteiger partial charge in [-0.25, -0.2) is 0 Å². The van der Waals surface area contributed by atoms with E-state index in [4.69, 9.17) is 14.2 Å². The molecule has 1 aliphatic heterocycles. The Labute approximate surface area is 94.4 Å². The lowest BCUT2D eigenvalue weighted by Crippen LogP contribution is -2.40. The van der Waals surface area contributed by atoms with Crippen molar-refractivity contribution in [2.75, 3.05) is 6.61 Å². The number of ether oxygens (including phenoxy) is 3. The summed E-state index contributed by atoms with van der Waals surface area (Å²) in [5.74, 6) is -0.770. The minimum absolute atomic E-state index is 0.0765. The number of hydrogen-bond acceptors (Lipinski definition) is 5. The van der Waals surface area contributed by atoms with Gasteiger partial charge in [0, 0.05) is 13.8 Å². The van der Waals surface area contributed by atoms with E-state index in [9.17, 15) is 9.59 Å².